The molecule has 1 unspecified atom stereocenters. The van der Waals surface area contributed by atoms with E-state index in [-0.39, 0.29) is 17.9 Å². The van der Waals surface area contributed by atoms with Crippen LogP contribution < -0.4 is 10.6 Å². The van der Waals surface area contributed by atoms with Crippen LogP contribution in [0.3, 0.4) is 0 Å². The lowest BCUT2D eigenvalue weighted by molar-refractivity contribution is -0.121. The van der Waals surface area contributed by atoms with E-state index in [1.54, 1.807) is 6.20 Å². The van der Waals surface area contributed by atoms with Gasteiger partial charge >= 0.3 is 0 Å². The Balaban J connectivity index is 1.76. The van der Waals surface area contributed by atoms with Gasteiger partial charge in [0.15, 0.2) is 5.82 Å². The van der Waals surface area contributed by atoms with Gasteiger partial charge in [-0.3, -0.25) is 9.59 Å². The van der Waals surface area contributed by atoms with Crippen LogP contribution in [-0.2, 0) is 22.6 Å². The Hall–Kier alpha value is -1.89. The largest absolute Gasteiger partial charge is 0.379 e. The summed E-state index contributed by atoms with van der Waals surface area (Å²) in [7, 11) is 0. The lowest BCUT2D eigenvalue weighted by atomic mass is 10.2. The molecule has 3 heterocycles. The Morgan fingerprint density at radius 1 is 1.58 bits per heavy atom. The molecule has 2 amide bonds. The molecule has 3 rings (SSSR count). The van der Waals surface area contributed by atoms with E-state index in [0.717, 1.165) is 12.1 Å². The van der Waals surface area contributed by atoms with Gasteiger partial charge in [0.25, 0.3) is 5.91 Å². The molecule has 7 nitrogen and oxygen atoms in total. The summed E-state index contributed by atoms with van der Waals surface area (Å²) >= 11 is 0. The first-order valence-corrected chi connectivity index (χ1v) is 6.44. The molecule has 0 aromatic carbocycles. The average molecular weight is 264 g/mol. The van der Waals surface area contributed by atoms with Crippen LogP contribution in [0.25, 0.3) is 0 Å². The molecule has 1 saturated heterocycles. The molecule has 0 saturated carbocycles. The third kappa shape index (κ3) is 2.46. The van der Waals surface area contributed by atoms with Gasteiger partial charge in [-0.05, 0) is 6.42 Å². The Morgan fingerprint density at radius 3 is 3.26 bits per heavy atom. The summed E-state index contributed by atoms with van der Waals surface area (Å²) in [5.74, 6) is 0.175. The summed E-state index contributed by atoms with van der Waals surface area (Å²) < 4.78 is 7.03. The number of fused-ring (bicyclic) bond motifs is 1. The number of hydrogen-bond donors (Lipinski definition) is 2. The minimum atomic E-state index is -0.198. The van der Waals surface area contributed by atoms with Crippen LogP contribution in [0.4, 0.5) is 0 Å². The molecule has 0 aliphatic carbocycles. The van der Waals surface area contributed by atoms with Gasteiger partial charge in [-0.25, -0.2) is 4.98 Å². The van der Waals surface area contributed by atoms with Crippen LogP contribution in [0.15, 0.2) is 6.20 Å². The number of ether oxygens (including phenoxy) is 1. The highest BCUT2D eigenvalue weighted by Crippen LogP contribution is 2.11. The van der Waals surface area contributed by atoms with Gasteiger partial charge in [0, 0.05) is 19.6 Å². The van der Waals surface area contributed by atoms with Gasteiger partial charge in [0.05, 0.1) is 31.1 Å². The van der Waals surface area contributed by atoms with Gasteiger partial charge in [-0.2, -0.15) is 0 Å². The third-order valence-electron chi connectivity index (χ3n) is 3.44. The maximum Gasteiger partial charge on any atom is 0.287 e. The number of imidazole rings is 1. The smallest absolute Gasteiger partial charge is 0.287 e. The second kappa shape index (κ2) is 5.00. The van der Waals surface area contributed by atoms with Crippen molar-refractivity contribution >= 4 is 11.8 Å². The standard InChI is InChI=1S/C12H16N4O3/c17-10-1-3-16-9(5-13-10)6-14-11(16)12(18)15-8-2-4-19-7-8/h6,8H,1-5,7H2,(H,13,17)(H,15,18). The zero-order valence-corrected chi connectivity index (χ0v) is 10.5. The lowest BCUT2D eigenvalue weighted by Crippen LogP contribution is -2.36. The lowest BCUT2D eigenvalue weighted by Gasteiger charge is -2.12. The van der Waals surface area contributed by atoms with Crippen molar-refractivity contribution in [3.05, 3.63) is 17.7 Å². The van der Waals surface area contributed by atoms with Gasteiger partial charge in [-0.15, -0.1) is 0 Å². The Kier molecular flexibility index (Phi) is 3.20. The van der Waals surface area contributed by atoms with E-state index in [1.165, 1.54) is 0 Å². The normalized spacial score (nSPS) is 22.5. The van der Waals surface area contributed by atoms with E-state index >= 15 is 0 Å². The molecule has 1 atom stereocenters. The molecular weight excluding hydrogens is 248 g/mol. The monoisotopic (exact) mass is 264 g/mol. The van der Waals surface area contributed by atoms with Crippen LogP contribution >= 0.6 is 0 Å². The minimum absolute atomic E-state index is 0.000693. The Bertz CT molecular complexity index is 505. The quantitative estimate of drug-likeness (QED) is 0.748. The van der Waals surface area contributed by atoms with Crippen molar-refractivity contribution in [1.29, 1.82) is 0 Å². The molecule has 0 spiro atoms. The summed E-state index contributed by atoms with van der Waals surface area (Å²) in [6, 6.07) is 0.0611. The predicted molar refractivity (Wildman–Crippen MR) is 65.4 cm³/mol. The van der Waals surface area contributed by atoms with Crippen LogP contribution in [0.1, 0.15) is 29.2 Å². The molecular formula is C12H16N4O3. The molecule has 0 bridgehead atoms. The van der Waals surface area contributed by atoms with E-state index in [4.69, 9.17) is 4.74 Å². The topological polar surface area (TPSA) is 85.2 Å². The molecule has 2 N–H and O–H groups in total. The van der Waals surface area contributed by atoms with Crippen LogP contribution in [0, 0.1) is 0 Å². The molecule has 0 radical (unpaired) electrons. The van der Waals surface area contributed by atoms with E-state index in [2.05, 4.69) is 15.6 Å². The second-order valence-corrected chi connectivity index (χ2v) is 4.79. The van der Waals surface area contributed by atoms with E-state index in [9.17, 15) is 9.59 Å². The highest BCUT2D eigenvalue weighted by Gasteiger charge is 2.24. The van der Waals surface area contributed by atoms with Crippen molar-refractivity contribution in [3.63, 3.8) is 0 Å². The minimum Gasteiger partial charge on any atom is -0.379 e. The number of carbonyl (C=O) groups is 2. The molecule has 1 aromatic heterocycles. The number of hydrogen-bond acceptors (Lipinski definition) is 4. The highest BCUT2D eigenvalue weighted by atomic mass is 16.5. The molecule has 1 aromatic rings. The number of nitrogens with one attached hydrogen (secondary N) is 2. The first-order chi connectivity index (χ1) is 9.24. The maximum absolute atomic E-state index is 12.2. The van der Waals surface area contributed by atoms with Crippen LogP contribution in [0.5, 0.6) is 0 Å². The van der Waals surface area contributed by atoms with Gasteiger partial charge in [0.1, 0.15) is 0 Å². The fourth-order valence-corrected chi connectivity index (χ4v) is 2.37. The predicted octanol–water partition coefficient (Wildman–Crippen LogP) is -0.578. The van der Waals surface area contributed by atoms with Gasteiger partial charge in [-0.1, -0.05) is 0 Å². The maximum atomic E-state index is 12.2. The van der Waals surface area contributed by atoms with E-state index < -0.39 is 0 Å². The fourth-order valence-electron chi connectivity index (χ4n) is 2.37. The molecule has 19 heavy (non-hydrogen) atoms. The Morgan fingerprint density at radius 2 is 2.47 bits per heavy atom. The summed E-state index contributed by atoms with van der Waals surface area (Å²) in [6.07, 6.45) is 2.85. The average Bonchev–Trinajstić information content (AvgIpc) is 2.99. The fraction of sp³-hybridized carbons (Fsp3) is 0.583. The zero-order chi connectivity index (χ0) is 13.2. The van der Waals surface area contributed by atoms with E-state index in [0.29, 0.717) is 38.5 Å². The summed E-state index contributed by atoms with van der Waals surface area (Å²) in [4.78, 5) is 27.7. The Labute approximate surface area is 110 Å². The van der Waals surface area contributed by atoms with E-state index in [1.807, 2.05) is 4.57 Å². The molecule has 2 aliphatic heterocycles. The number of amides is 2. The highest BCUT2D eigenvalue weighted by molar-refractivity contribution is 5.91. The van der Waals surface area contributed by atoms with Crippen molar-refractivity contribution < 1.29 is 14.3 Å². The van der Waals surface area contributed by atoms with Crippen molar-refractivity contribution in [1.82, 2.24) is 20.2 Å². The zero-order valence-electron chi connectivity index (χ0n) is 10.5. The van der Waals surface area contributed by atoms with Gasteiger partial charge < -0.3 is 19.9 Å². The second-order valence-electron chi connectivity index (χ2n) is 4.79. The molecule has 2 aliphatic rings. The van der Waals surface area contributed by atoms with Gasteiger partial charge in [0.2, 0.25) is 5.91 Å². The molecule has 7 heteroatoms. The van der Waals surface area contributed by atoms with Crippen LogP contribution in [-0.4, -0.2) is 40.6 Å². The summed E-state index contributed by atoms with van der Waals surface area (Å²) in [6.45, 7) is 2.15. The molecule has 102 valence electrons. The molecule has 1 fully saturated rings. The number of aromatic nitrogens is 2. The summed E-state index contributed by atoms with van der Waals surface area (Å²) in [5.41, 5.74) is 0.860. The first-order valence-electron chi connectivity index (χ1n) is 6.44. The van der Waals surface area contributed by atoms with Crippen molar-refractivity contribution in [3.8, 4) is 0 Å². The van der Waals surface area contributed by atoms with Crippen LogP contribution in [0.2, 0.25) is 0 Å². The number of nitrogens with zero attached hydrogens (tertiary/aromatic N) is 2. The third-order valence-corrected chi connectivity index (χ3v) is 3.44. The SMILES string of the molecule is O=C1CCn2c(cnc2C(=O)NC2CCOC2)CN1. The first kappa shape index (κ1) is 12.2. The van der Waals surface area contributed by atoms with Crippen molar-refractivity contribution in [2.45, 2.75) is 32.0 Å². The number of rotatable bonds is 2. The van der Waals surface area contributed by atoms with Crippen molar-refractivity contribution in [2.75, 3.05) is 13.2 Å². The summed E-state index contributed by atoms with van der Waals surface area (Å²) in [5, 5.41) is 5.69. The van der Waals surface area contributed by atoms with Crippen molar-refractivity contribution in [2.24, 2.45) is 0 Å². The number of carbonyl (C=O) groups excluding carboxylic acids is 2.